The minimum absolute atomic E-state index is 0.439. The van der Waals surface area contributed by atoms with Gasteiger partial charge in [0, 0.05) is 42.7 Å². The molecule has 2 aliphatic rings. The lowest BCUT2D eigenvalue weighted by atomic mass is 9.67. The molecule has 0 atom stereocenters. The smallest absolute Gasteiger partial charge is 0.143 e. The molecule has 0 amide bonds. The van der Waals surface area contributed by atoms with Crippen molar-refractivity contribution in [3.63, 3.8) is 0 Å². The van der Waals surface area contributed by atoms with E-state index in [0.29, 0.717) is 0 Å². The van der Waals surface area contributed by atoms with Crippen LogP contribution >= 0.6 is 11.8 Å². The molecule has 2 nitrogen and oxygen atoms in total. The number of rotatable bonds is 6. The molecule has 3 heteroatoms. The normalized spacial score (nSPS) is 13.1. The average Bonchev–Trinajstić information content (AvgIpc) is 4.17. The fourth-order valence-electron chi connectivity index (χ4n) is 13.1. The van der Waals surface area contributed by atoms with Crippen molar-refractivity contribution >= 4 is 83.1 Å². The van der Waals surface area contributed by atoms with Crippen LogP contribution in [0.2, 0.25) is 0 Å². The van der Waals surface area contributed by atoms with Gasteiger partial charge in [0.2, 0.25) is 0 Å². The van der Waals surface area contributed by atoms with Gasteiger partial charge in [-0.1, -0.05) is 224 Å². The minimum Gasteiger partial charge on any atom is -0.455 e. The Labute approximate surface area is 444 Å². The van der Waals surface area contributed by atoms with E-state index < -0.39 is 5.41 Å². The minimum atomic E-state index is -0.439. The Kier molecular flexibility index (Phi) is 9.52. The van der Waals surface area contributed by atoms with Crippen molar-refractivity contribution in [2.24, 2.45) is 0 Å². The Morgan fingerprint density at radius 3 is 1.63 bits per heavy atom. The molecule has 16 rings (SSSR count). The molecule has 1 spiro atoms. The summed E-state index contributed by atoms with van der Waals surface area (Å²) in [6.07, 6.45) is 0. The fourth-order valence-corrected chi connectivity index (χ4v) is 14.3. The first-order chi connectivity index (χ1) is 37.7. The van der Waals surface area contributed by atoms with Gasteiger partial charge < -0.3 is 9.32 Å². The molecule has 0 unspecified atom stereocenters. The topological polar surface area (TPSA) is 16.4 Å². The van der Waals surface area contributed by atoms with Gasteiger partial charge in [0.15, 0.2) is 0 Å². The van der Waals surface area contributed by atoms with Crippen molar-refractivity contribution in [2.75, 3.05) is 4.90 Å². The fraction of sp³-hybridized carbons (Fsp3) is 0.0137. The maximum absolute atomic E-state index is 6.89. The second-order valence-electron chi connectivity index (χ2n) is 20.2. The van der Waals surface area contributed by atoms with E-state index in [1.54, 1.807) is 0 Å². The van der Waals surface area contributed by atoms with Gasteiger partial charge in [-0.05, 0) is 149 Å². The van der Waals surface area contributed by atoms with Crippen LogP contribution in [0, 0.1) is 0 Å². The summed E-state index contributed by atoms with van der Waals surface area (Å²) in [6.45, 7) is 0. The Hall–Kier alpha value is -9.41. The van der Waals surface area contributed by atoms with Crippen LogP contribution < -0.4 is 4.90 Å². The summed E-state index contributed by atoms with van der Waals surface area (Å²) in [5.41, 5.74) is 19.6. The second-order valence-corrected chi connectivity index (χ2v) is 21.3. The number of hydrogen-bond donors (Lipinski definition) is 0. The molecule has 0 saturated carbocycles. The van der Waals surface area contributed by atoms with Crippen molar-refractivity contribution < 1.29 is 4.42 Å². The summed E-state index contributed by atoms with van der Waals surface area (Å²) in [7, 11) is 0. The van der Waals surface area contributed by atoms with Crippen molar-refractivity contribution in [3.8, 4) is 44.5 Å². The first-order valence-electron chi connectivity index (χ1n) is 26.1. The van der Waals surface area contributed by atoms with Gasteiger partial charge >= 0.3 is 0 Å². The lowest BCUT2D eigenvalue weighted by Crippen LogP contribution is -2.31. The van der Waals surface area contributed by atoms with Crippen molar-refractivity contribution in [1.29, 1.82) is 0 Å². The molecule has 0 saturated heterocycles. The van der Waals surface area contributed by atoms with Crippen LogP contribution in [0.4, 0.5) is 17.1 Å². The Morgan fingerprint density at radius 2 is 0.868 bits per heavy atom. The summed E-state index contributed by atoms with van der Waals surface area (Å²) >= 11 is 1.89. The van der Waals surface area contributed by atoms with E-state index in [9.17, 15) is 0 Å². The molecule has 0 N–H and O–H groups in total. The molecule has 2 heterocycles. The molecular weight excluding hydrogens is 939 g/mol. The monoisotopic (exact) mass is 983 g/mol. The first-order valence-corrected chi connectivity index (χ1v) is 27.0. The van der Waals surface area contributed by atoms with Gasteiger partial charge in [-0.25, -0.2) is 0 Å². The maximum atomic E-state index is 6.89. The lowest BCUT2D eigenvalue weighted by molar-refractivity contribution is 0.673. The van der Waals surface area contributed by atoms with Crippen LogP contribution in [0.3, 0.4) is 0 Å². The van der Waals surface area contributed by atoms with Crippen LogP contribution in [-0.4, -0.2) is 0 Å². The highest BCUT2D eigenvalue weighted by atomic mass is 32.2. The molecular formula is C73H45NOS. The van der Waals surface area contributed by atoms with E-state index in [1.807, 2.05) is 11.8 Å². The van der Waals surface area contributed by atoms with E-state index in [4.69, 9.17) is 4.42 Å². The molecule has 0 radical (unpaired) electrons. The van der Waals surface area contributed by atoms with Gasteiger partial charge in [0.1, 0.15) is 11.2 Å². The van der Waals surface area contributed by atoms with Crippen LogP contribution in [-0.2, 0) is 5.41 Å². The van der Waals surface area contributed by atoms with Crippen molar-refractivity contribution in [1.82, 2.24) is 0 Å². The summed E-state index contributed by atoms with van der Waals surface area (Å²) in [6, 6.07) is 101. The number of nitrogens with zero attached hydrogens (tertiary/aromatic N) is 1. The van der Waals surface area contributed by atoms with Gasteiger partial charge in [-0.3, -0.25) is 0 Å². The predicted octanol–water partition coefficient (Wildman–Crippen LogP) is 20.3. The zero-order valence-corrected chi connectivity index (χ0v) is 42.1. The number of furan rings is 1. The maximum Gasteiger partial charge on any atom is 0.143 e. The molecule has 13 aromatic carbocycles. The van der Waals surface area contributed by atoms with Crippen LogP contribution in [0.5, 0.6) is 0 Å². The summed E-state index contributed by atoms with van der Waals surface area (Å²) in [4.78, 5) is 5.04. The molecule has 76 heavy (non-hydrogen) atoms. The van der Waals surface area contributed by atoms with Gasteiger partial charge in [-0.2, -0.15) is 0 Å². The van der Waals surface area contributed by atoms with Crippen LogP contribution in [0.25, 0.3) is 98.8 Å². The molecule has 0 fully saturated rings. The molecule has 0 bridgehead atoms. The van der Waals surface area contributed by atoms with Crippen LogP contribution in [0.1, 0.15) is 22.3 Å². The van der Waals surface area contributed by atoms with E-state index in [-0.39, 0.29) is 0 Å². The van der Waals surface area contributed by atoms with E-state index >= 15 is 0 Å². The predicted molar refractivity (Wildman–Crippen MR) is 319 cm³/mol. The third kappa shape index (κ3) is 6.24. The second kappa shape index (κ2) is 16.8. The largest absolute Gasteiger partial charge is 0.455 e. The zero-order valence-electron chi connectivity index (χ0n) is 41.2. The highest BCUT2D eigenvalue weighted by Gasteiger charge is 2.50. The summed E-state index contributed by atoms with van der Waals surface area (Å²) < 4.78 is 6.89. The third-order valence-electron chi connectivity index (χ3n) is 16.3. The quantitative estimate of drug-likeness (QED) is 0.155. The molecule has 1 aromatic heterocycles. The number of hydrogen-bond acceptors (Lipinski definition) is 3. The van der Waals surface area contributed by atoms with Gasteiger partial charge in [0.05, 0.1) is 11.1 Å². The number of fused-ring (bicyclic) bond motifs is 17. The molecule has 1 aliphatic heterocycles. The average molecular weight is 984 g/mol. The van der Waals surface area contributed by atoms with Crippen molar-refractivity contribution in [3.05, 3.63) is 295 Å². The Morgan fingerprint density at radius 1 is 0.329 bits per heavy atom. The number of benzene rings is 13. The molecule has 354 valence electrons. The first kappa shape index (κ1) is 43.0. The SMILES string of the molecule is c1ccc(-c2cccc3oc4c5cccc(N(c6ccc(-c7cccc8c7-c7ccccc7C87c8ccccc8Sc8ccccc87)cc6)c6ccc(-c7cc8ccccc8c8ccccc78)cc6)c5ccc4c23)cc1. The zero-order chi connectivity index (χ0) is 49.9. The van der Waals surface area contributed by atoms with Crippen molar-refractivity contribution in [2.45, 2.75) is 15.2 Å². The van der Waals surface area contributed by atoms with Gasteiger partial charge in [-0.15, -0.1) is 0 Å². The molecule has 1 aliphatic carbocycles. The molecule has 14 aromatic rings. The Balaban J connectivity index is 0.872. The van der Waals surface area contributed by atoms with E-state index in [0.717, 1.165) is 49.8 Å². The van der Waals surface area contributed by atoms with E-state index in [1.165, 1.54) is 98.1 Å². The standard InChI is InChI=1S/C73H45NOS/c1-2-17-46(18-3-1)54-25-16-32-67-71(54)60-44-43-57-58(72(60)75-67)26-15-31-66(57)74(51-41-37-48(38-42-51)61-45-49-19-4-5-20-52(49)55-21-6-7-22-56(55)61)50-39-35-47(36-40-50)53-24-14-30-65-70(53)59-23-8-9-27-62(59)73(65)63-28-10-12-33-68(63)76-69-34-13-11-29-64(69)73/h1-45H. The number of anilines is 3. The Bertz CT molecular complexity index is 4620. The lowest BCUT2D eigenvalue weighted by Gasteiger charge is -2.39. The van der Waals surface area contributed by atoms with E-state index in [2.05, 4.69) is 278 Å². The summed E-state index contributed by atoms with van der Waals surface area (Å²) in [5.74, 6) is 0. The van der Waals surface area contributed by atoms with Crippen LogP contribution in [0.15, 0.2) is 287 Å². The van der Waals surface area contributed by atoms with Gasteiger partial charge in [0.25, 0.3) is 0 Å². The highest BCUT2D eigenvalue weighted by molar-refractivity contribution is 7.99. The highest BCUT2D eigenvalue weighted by Crippen LogP contribution is 2.63. The summed E-state index contributed by atoms with van der Waals surface area (Å²) in [5, 5.41) is 9.45. The third-order valence-corrected chi connectivity index (χ3v) is 17.5.